The van der Waals surface area contributed by atoms with Gasteiger partial charge in [0.05, 0.1) is 6.54 Å². The van der Waals surface area contributed by atoms with Gasteiger partial charge in [0.1, 0.15) is 18.1 Å². The van der Waals surface area contributed by atoms with Crippen molar-refractivity contribution in [2.45, 2.75) is 53.1 Å². The first kappa shape index (κ1) is 20.8. The number of carbonyl (C=O) groups is 1. The Morgan fingerprint density at radius 2 is 1.78 bits per heavy atom. The van der Waals surface area contributed by atoms with Crippen LogP contribution in [0, 0.1) is 6.92 Å². The number of rotatable bonds is 9. The second-order valence-corrected chi connectivity index (χ2v) is 7.09. The Hall–Kier alpha value is -2.49. The lowest BCUT2D eigenvalue weighted by Gasteiger charge is -2.19. The first-order valence-corrected chi connectivity index (χ1v) is 9.67. The molecule has 0 aliphatic carbocycles. The zero-order valence-corrected chi connectivity index (χ0v) is 17.0. The monoisotopic (exact) mass is 369 g/mol. The summed E-state index contributed by atoms with van der Waals surface area (Å²) in [5.41, 5.74) is 3.50. The Labute approximate surface area is 162 Å². The average Bonchev–Trinajstić information content (AvgIpc) is 2.65. The SMILES string of the molecule is CCc1ccc(OCCNC(=O)[C@H](C)Oc2cc(C)ccc2C(C)C)cc1. The lowest BCUT2D eigenvalue weighted by Crippen LogP contribution is -2.38. The van der Waals surface area contributed by atoms with Crippen LogP contribution in [-0.4, -0.2) is 25.2 Å². The summed E-state index contributed by atoms with van der Waals surface area (Å²) in [4.78, 5) is 12.3. The van der Waals surface area contributed by atoms with Crippen molar-refractivity contribution in [1.29, 1.82) is 0 Å². The van der Waals surface area contributed by atoms with Crippen LogP contribution >= 0.6 is 0 Å². The van der Waals surface area contributed by atoms with E-state index in [1.807, 2.05) is 25.1 Å². The van der Waals surface area contributed by atoms with Crippen LogP contribution < -0.4 is 14.8 Å². The Balaban J connectivity index is 1.81. The highest BCUT2D eigenvalue weighted by Gasteiger charge is 2.17. The maximum atomic E-state index is 12.3. The fourth-order valence-electron chi connectivity index (χ4n) is 2.77. The molecule has 4 nitrogen and oxygen atoms in total. The van der Waals surface area contributed by atoms with E-state index in [2.05, 4.69) is 50.4 Å². The second kappa shape index (κ2) is 10.0. The molecule has 0 saturated carbocycles. The van der Waals surface area contributed by atoms with Crippen molar-refractivity contribution in [2.75, 3.05) is 13.2 Å². The van der Waals surface area contributed by atoms with E-state index in [0.29, 0.717) is 19.1 Å². The minimum Gasteiger partial charge on any atom is -0.492 e. The lowest BCUT2D eigenvalue weighted by atomic mass is 10.0. The molecule has 0 radical (unpaired) electrons. The van der Waals surface area contributed by atoms with Gasteiger partial charge in [0, 0.05) is 0 Å². The zero-order chi connectivity index (χ0) is 19.8. The van der Waals surface area contributed by atoms with E-state index in [-0.39, 0.29) is 5.91 Å². The van der Waals surface area contributed by atoms with E-state index in [0.717, 1.165) is 29.0 Å². The van der Waals surface area contributed by atoms with E-state index < -0.39 is 6.10 Å². The third-order valence-electron chi connectivity index (χ3n) is 4.47. The van der Waals surface area contributed by atoms with Gasteiger partial charge in [0.25, 0.3) is 5.91 Å². The third-order valence-corrected chi connectivity index (χ3v) is 4.47. The van der Waals surface area contributed by atoms with Gasteiger partial charge in [-0.3, -0.25) is 4.79 Å². The van der Waals surface area contributed by atoms with Gasteiger partial charge in [-0.2, -0.15) is 0 Å². The number of nitrogens with one attached hydrogen (secondary N) is 1. The molecule has 0 saturated heterocycles. The molecular formula is C23H31NO3. The Morgan fingerprint density at radius 1 is 1.07 bits per heavy atom. The van der Waals surface area contributed by atoms with E-state index in [9.17, 15) is 4.79 Å². The molecule has 1 amide bonds. The molecular weight excluding hydrogens is 338 g/mol. The molecule has 0 bridgehead atoms. The number of amides is 1. The maximum Gasteiger partial charge on any atom is 0.260 e. The molecule has 0 unspecified atom stereocenters. The quantitative estimate of drug-likeness (QED) is 0.655. The molecule has 0 heterocycles. The van der Waals surface area contributed by atoms with E-state index in [1.165, 1.54) is 5.56 Å². The van der Waals surface area contributed by atoms with Crippen molar-refractivity contribution in [3.63, 3.8) is 0 Å². The summed E-state index contributed by atoms with van der Waals surface area (Å²) < 4.78 is 11.6. The molecule has 0 aromatic heterocycles. The smallest absolute Gasteiger partial charge is 0.260 e. The number of carbonyl (C=O) groups excluding carboxylic acids is 1. The molecule has 2 aromatic carbocycles. The summed E-state index contributed by atoms with van der Waals surface area (Å²) >= 11 is 0. The molecule has 0 spiro atoms. The van der Waals surface area contributed by atoms with Crippen LogP contribution in [0.2, 0.25) is 0 Å². The summed E-state index contributed by atoms with van der Waals surface area (Å²) in [5, 5.41) is 2.87. The van der Waals surface area contributed by atoms with Gasteiger partial charge >= 0.3 is 0 Å². The predicted molar refractivity (Wildman–Crippen MR) is 110 cm³/mol. The molecule has 27 heavy (non-hydrogen) atoms. The molecule has 146 valence electrons. The highest BCUT2D eigenvalue weighted by Crippen LogP contribution is 2.28. The highest BCUT2D eigenvalue weighted by molar-refractivity contribution is 5.80. The molecule has 2 rings (SSSR count). The van der Waals surface area contributed by atoms with Crippen LogP contribution in [0.3, 0.4) is 0 Å². The topological polar surface area (TPSA) is 47.6 Å². The molecule has 4 heteroatoms. The number of hydrogen-bond acceptors (Lipinski definition) is 3. The Morgan fingerprint density at radius 3 is 2.41 bits per heavy atom. The zero-order valence-electron chi connectivity index (χ0n) is 17.0. The second-order valence-electron chi connectivity index (χ2n) is 7.09. The van der Waals surface area contributed by atoms with Gasteiger partial charge < -0.3 is 14.8 Å². The van der Waals surface area contributed by atoms with Crippen molar-refractivity contribution in [3.05, 3.63) is 59.2 Å². The number of hydrogen-bond donors (Lipinski definition) is 1. The number of benzene rings is 2. The first-order valence-electron chi connectivity index (χ1n) is 9.67. The Bertz CT molecular complexity index is 738. The van der Waals surface area contributed by atoms with Crippen LogP contribution in [0.5, 0.6) is 11.5 Å². The normalized spacial score (nSPS) is 11.9. The number of aryl methyl sites for hydroxylation is 2. The molecule has 0 fully saturated rings. The van der Waals surface area contributed by atoms with Crippen LogP contribution in [0.4, 0.5) is 0 Å². The third kappa shape index (κ3) is 6.31. The average molecular weight is 370 g/mol. The fourth-order valence-corrected chi connectivity index (χ4v) is 2.77. The Kier molecular flexibility index (Phi) is 7.71. The molecule has 0 aliphatic heterocycles. The van der Waals surface area contributed by atoms with Crippen molar-refractivity contribution < 1.29 is 14.3 Å². The van der Waals surface area contributed by atoms with Crippen LogP contribution in [0.15, 0.2) is 42.5 Å². The van der Waals surface area contributed by atoms with Gasteiger partial charge in [0.2, 0.25) is 0 Å². The van der Waals surface area contributed by atoms with Crippen molar-refractivity contribution in [3.8, 4) is 11.5 Å². The predicted octanol–water partition coefficient (Wildman–Crippen LogP) is 4.64. The fraction of sp³-hybridized carbons (Fsp3) is 0.435. The van der Waals surface area contributed by atoms with Gasteiger partial charge in [-0.1, -0.05) is 45.0 Å². The van der Waals surface area contributed by atoms with Crippen LogP contribution in [-0.2, 0) is 11.2 Å². The summed E-state index contributed by atoms with van der Waals surface area (Å²) in [7, 11) is 0. The van der Waals surface area contributed by atoms with Crippen LogP contribution in [0.25, 0.3) is 0 Å². The number of ether oxygens (including phenoxy) is 2. The van der Waals surface area contributed by atoms with Crippen molar-refractivity contribution >= 4 is 5.91 Å². The van der Waals surface area contributed by atoms with Crippen LogP contribution in [0.1, 0.15) is 50.3 Å². The summed E-state index contributed by atoms with van der Waals surface area (Å²) in [6.07, 6.45) is 0.446. The first-order chi connectivity index (χ1) is 12.9. The standard InChI is InChI=1S/C23H31NO3/c1-6-19-8-10-20(11-9-19)26-14-13-24-23(25)18(5)27-22-15-17(4)7-12-21(22)16(2)3/h7-12,15-16,18H,6,13-14H2,1-5H3,(H,24,25)/t18-/m0/s1. The van der Waals surface area contributed by atoms with E-state index >= 15 is 0 Å². The minimum atomic E-state index is -0.562. The summed E-state index contributed by atoms with van der Waals surface area (Å²) in [5.74, 6) is 1.78. The lowest BCUT2D eigenvalue weighted by molar-refractivity contribution is -0.127. The molecule has 0 aliphatic rings. The molecule has 2 aromatic rings. The maximum absolute atomic E-state index is 12.3. The largest absolute Gasteiger partial charge is 0.492 e. The highest BCUT2D eigenvalue weighted by atomic mass is 16.5. The van der Waals surface area contributed by atoms with Crippen molar-refractivity contribution in [1.82, 2.24) is 5.32 Å². The van der Waals surface area contributed by atoms with Crippen molar-refractivity contribution in [2.24, 2.45) is 0 Å². The van der Waals surface area contributed by atoms with E-state index in [1.54, 1.807) is 6.92 Å². The summed E-state index contributed by atoms with van der Waals surface area (Å²) in [6.45, 7) is 11.0. The summed E-state index contributed by atoms with van der Waals surface area (Å²) in [6, 6.07) is 14.1. The van der Waals surface area contributed by atoms with Gasteiger partial charge in [-0.15, -0.1) is 0 Å². The van der Waals surface area contributed by atoms with Gasteiger partial charge in [-0.25, -0.2) is 0 Å². The van der Waals surface area contributed by atoms with Gasteiger partial charge in [-0.05, 0) is 61.1 Å². The molecule has 1 N–H and O–H groups in total. The van der Waals surface area contributed by atoms with E-state index in [4.69, 9.17) is 9.47 Å². The molecule has 1 atom stereocenters. The van der Waals surface area contributed by atoms with Gasteiger partial charge in [0.15, 0.2) is 6.10 Å². The minimum absolute atomic E-state index is 0.142.